The number of amides is 1. The van der Waals surface area contributed by atoms with Crippen molar-refractivity contribution in [3.05, 3.63) is 0 Å². The molecule has 1 amide bonds. The number of hydrogen-bond donors (Lipinski definition) is 1. The first-order valence-electron chi connectivity index (χ1n) is 7.82. The summed E-state index contributed by atoms with van der Waals surface area (Å²) in [6.07, 6.45) is 9.99. The monoisotopic (exact) mass is 286 g/mol. The minimum absolute atomic E-state index is 0. The molecule has 0 radical (unpaired) electrons. The Morgan fingerprint density at radius 3 is 2.11 bits per heavy atom. The first kappa shape index (κ1) is 15.1. The number of fused-ring (bicyclic) bond motifs is 2. The van der Waals surface area contributed by atoms with Crippen molar-refractivity contribution in [2.24, 2.45) is 23.5 Å². The first-order chi connectivity index (χ1) is 8.77. The van der Waals surface area contributed by atoms with Gasteiger partial charge in [-0.25, -0.2) is 0 Å². The van der Waals surface area contributed by atoms with Crippen molar-refractivity contribution in [2.75, 3.05) is 13.1 Å². The summed E-state index contributed by atoms with van der Waals surface area (Å²) < 4.78 is 0. The minimum Gasteiger partial charge on any atom is -0.342 e. The Balaban J connectivity index is 0.00000133. The van der Waals surface area contributed by atoms with Crippen LogP contribution in [-0.2, 0) is 4.79 Å². The second-order valence-corrected chi connectivity index (χ2v) is 6.53. The molecule has 4 atom stereocenters. The van der Waals surface area contributed by atoms with E-state index in [9.17, 15) is 4.79 Å². The highest BCUT2D eigenvalue weighted by Crippen LogP contribution is 2.48. The van der Waals surface area contributed by atoms with E-state index in [-0.39, 0.29) is 24.4 Å². The van der Waals surface area contributed by atoms with E-state index in [0.29, 0.717) is 17.7 Å². The van der Waals surface area contributed by atoms with Gasteiger partial charge < -0.3 is 10.6 Å². The molecule has 0 aromatic rings. The van der Waals surface area contributed by atoms with E-state index in [1.807, 2.05) is 0 Å². The van der Waals surface area contributed by atoms with E-state index in [0.717, 1.165) is 13.1 Å². The van der Waals surface area contributed by atoms with E-state index in [1.165, 1.54) is 51.4 Å². The van der Waals surface area contributed by atoms with E-state index in [1.54, 1.807) is 0 Å². The van der Waals surface area contributed by atoms with Crippen molar-refractivity contribution in [1.29, 1.82) is 0 Å². The van der Waals surface area contributed by atoms with Gasteiger partial charge in [-0.2, -0.15) is 0 Å². The van der Waals surface area contributed by atoms with E-state index in [4.69, 9.17) is 5.73 Å². The van der Waals surface area contributed by atoms with E-state index < -0.39 is 0 Å². The maximum atomic E-state index is 12.7. The van der Waals surface area contributed by atoms with Crippen LogP contribution < -0.4 is 5.73 Å². The van der Waals surface area contributed by atoms with Gasteiger partial charge in [-0.15, -0.1) is 12.4 Å². The van der Waals surface area contributed by atoms with Gasteiger partial charge in [0.05, 0.1) is 5.92 Å². The van der Waals surface area contributed by atoms with Crippen molar-refractivity contribution in [2.45, 2.75) is 57.4 Å². The zero-order valence-corrected chi connectivity index (χ0v) is 12.5. The maximum absolute atomic E-state index is 12.7. The molecular weight excluding hydrogens is 260 g/mol. The summed E-state index contributed by atoms with van der Waals surface area (Å²) in [5.74, 6) is 1.78. The summed E-state index contributed by atoms with van der Waals surface area (Å²) in [5, 5.41) is 0. The highest BCUT2D eigenvalue weighted by atomic mass is 35.5. The molecule has 2 saturated carbocycles. The third-order valence-corrected chi connectivity index (χ3v) is 5.43. The quantitative estimate of drug-likeness (QED) is 0.805. The van der Waals surface area contributed by atoms with Gasteiger partial charge in [0.2, 0.25) is 5.91 Å². The molecule has 2 bridgehead atoms. The molecule has 2 N–H and O–H groups in total. The number of halogens is 1. The summed E-state index contributed by atoms with van der Waals surface area (Å²) in [7, 11) is 0. The molecule has 4 heteroatoms. The number of nitrogens with two attached hydrogens (primary N) is 1. The summed E-state index contributed by atoms with van der Waals surface area (Å²) in [4.78, 5) is 14.8. The molecule has 0 spiro atoms. The summed E-state index contributed by atoms with van der Waals surface area (Å²) in [6.45, 7) is 1.94. The van der Waals surface area contributed by atoms with Crippen LogP contribution in [0.25, 0.3) is 0 Å². The smallest absolute Gasteiger partial charge is 0.227 e. The van der Waals surface area contributed by atoms with Crippen LogP contribution in [0.3, 0.4) is 0 Å². The van der Waals surface area contributed by atoms with Gasteiger partial charge in [-0.3, -0.25) is 4.79 Å². The molecule has 4 unspecified atom stereocenters. The van der Waals surface area contributed by atoms with Crippen LogP contribution in [0.2, 0.25) is 0 Å². The Labute approximate surface area is 122 Å². The molecule has 1 heterocycles. The Kier molecular flexibility index (Phi) is 5.13. The van der Waals surface area contributed by atoms with Gasteiger partial charge in [0.25, 0.3) is 0 Å². The molecule has 0 aromatic heterocycles. The van der Waals surface area contributed by atoms with Crippen molar-refractivity contribution < 1.29 is 4.79 Å². The normalized spacial score (nSPS) is 38.5. The molecule has 3 rings (SSSR count). The van der Waals surface area contributed by atoms with Crippen LogP contribution in [0.15, 0.2) is 0 Å². The molecule has 3 fully saturated rings. The van der Waals surface area contributed by atoms with Crippen LogP contribution in [0.4, 0.5) is 0 Å². The standard InChI is InChI=1S/C15H26N2O.ClH/c16-14-12-7-6-11(10-12)13(14)15(18)17-8-4-2-1-3-5-9-17;/h11-14H,1-10,16H2;1H. The predicted molar refractivity (Wildman–Crippen MR) is 79.2 cm³/mol. The second kappa shape index (κ2) is 6.45. The lowest BCUT2D eigenvalue weighted by molar-refractivity contribution is -0.138. The van der Waals surface area contributed by atoms with Crippen molar-refractivity contribution in [3.8, 4) is 0 Å². The van der Waals surface area contributed by atoms with E-state index >= 15 is 0 Å². The molecule has 0 aromatic carbocycles. The van der Waals surface area contributed by atoms with Gasteiger partial charge >= 0.3 is 0 Å². The summed E-state index contributed by atoms with van der Waals surface area (Å²) in [5.41, 5.74) is 6.29. The fraction of sp³-hybridized carbons (Fsp3) is 0.933. The second-order valence-electron chi connectivity index (χ2n) is 6.53. The zero-order valence-electron chi connectivity index (χ0n) is 11.7. The highest BCUT2D eigenvalue weighted by Gasteiger charge is 2.49. The number of hydrogen-bond acceptors (Lipinski definition) is 2. The van der Waals surface area contributed by atoms with Crippen molar-refractivity contribution in [3.63, 3.8) is 0 Å². The number of rotatable bonds is 1. The Bertz CT molecular complexity index is 313. The molecule has 1 aliphatic heterocycles. The van der Waals surface area contributed by atoms with Crippen LogP contribution in [-0.4, -0.2) is 29.9 Å². The number of carbonyl (C=O) groups is 1. The third-order valence-electron chi connectivity index (χ3n) is 5.43. The fourth-order valence-corrected chi connectivity index (χ4v) is 4.38. The molecule has 3 aliphatic rings. The average Bonchev–Trinajstić information content (AvgIpc) is 2.88. The van der Waals surface area contributed by atoms with Crippen molar-refractivity contribution >= 4 is 18.3 Å². The number of likely N-dealkylation sites (tertiary alicyclic amines) is 1. The molecule has 2 aliphatic carbocycles. The van der Waals surface area contributed by atoms with Crippen LogP contribution in [0.1, 0.15) is 51.4 Å². The van der Waals surface area contributed by atoms with Crippen LogP contribution >= 0.6 is 12.4 Å². The third kappa shape index (κ3) is 2.92. The highest BCUT2D eigenvalue weighted by molar-refractivity contribution is 5.85. The van der Waals surface area contributed by atoms with Crippen molar-refractivity contribution in [1.82, 2.24) is 4.90 Å². The number of carbonyl (C=O) groups excluding carboxylic acids is 1. The first-order valence-corrected chi connectivity index (χ1v) is 7.82. The van der Waals surface area contributed by atoms with Gasteiger partial charge in [0, 0.05) is 19.1 Å². The summed E-state index contributed by atoms with van der Waals surface area (Å²) >= 11 is 0. The van der Waals surface area contributed by atoms with Gasteiger partial charge in [-0.1, -0.05) is 19.3 Å². The Morgan fingerprint density at radius 1 is 0.947 bits per heavy atom. The molecule has 1 saturated heterocycles. The Hall–Kier alpha value is -0.280. The topological polar surface area (TPSA) is 46.3 Å². The van der Waals surface area contributed by atoms with Crippen LogP contribution in [0.5, 0.6) is 0 Å². The average molecular weight is 287 g/mol. The zero-order chi connectivity index (χ0) is 12.5. The lowest BCUT2D eigenvalue weighted by Gasteiger charge is -2.33. The predicted octanol–water partition coefficient (Wildman–Crippen LogP) is 2.57. The van der Waals surface area contributed by atoms with E-state index in [2.05, 4.69) is 4.90 Å². The SMILES string of the molecule is Cl.NC1C2CCC(C2)C1C(=O)N1CCCCCCC1. The largest absolute Gasteiger partial charge is 0.342 e. The van der Waals surface area contributed by atoms with Gasteiger partial charge in [-0.05, 0) is 43.9 Å². The maximum Gasteiger partial charge on any atom is 0.227 e. The molecule has 3 nitrogen and oxygen atoms in total. The fourth-order valence-electron chi connectivity index (χ4n) is 4.38. The lowest BCUT2D eigenvalue weighted by Crippen LogP contribution is -2.47. The molecular formula is C15H27ClN2O. The van der Waals surface area contributed by atoms with Crippen LogP contribution in [0, 0.1) is 17.8 Å². The minimum atomic E-state index is 0. The van der Waals surface area contributed by atoms with Gasteiger partial charge in [0.15, 0.2) is 0 Å². The van der Waals surface area contributed by atoms with Gasteiger partial charge in [0.1, 0.15) is 0 Å². The molecule has 110 valence electrons. The molecule has 19 heavy (non-hydrogen) atoms. The Morgan fingerprint density at radius 2 is 1.53 bits per heavy atom. The number of nitrogens with zero attached hydrogens (tertiary/aromatic N) is 1. The summed E-state index contributed by atoms with van der Waals surface area (Å²) in [6, 6.07) is 0.154. The lowest BCUT2D eigenvalue weighted by atomic mass is 9.84.